The first-order valence-corrected chi connectivity index (χ1v) is 11.7. The Morgan fingerprint density at radius 2 is 1.28 bits per heavy atom. The summed E-state index contributed by atoms with van der Waals surface area (Å²) in [5.74, 6) is 0. The topological polar surface area (TPSA) is 30.0 Å². The van der Waals surface area contributed by atoms with E-state index < -0.39 is 7.14 Å². The lowest BCUT2D eigenvalue weighted by Gasteiger charge is -2.17. The molecule has 0 spiro atoms. The Labute approximate surface area is 166 Å². The maximum absolute atomic E-state index is 14.3. The number of benzene rings is 3. The molecule has 0 N–H and O–H groups in total. The van der Waals surface area contributed by atoms with Gasteiger partial charge in [-0.25, -0.2) is 4.98 Å². The van der Waals surface area contributed by atoms with Crippen molar-refractivity contribution in [2.45, 2.75) is 0 Å². The van der Waals surface area contributed by atoms with Gasteiger partial charge in [-0.1, -0.05) is 44.0 Å². The number of thiazole rings is 1. The van der Waals surface area contributed by atoms with Gasteiger partial charge in [0.2, 0.25) is 0 Å². The van der Waals surface area contributed by atoms with Crippen LogP contribution < -0.4 is 15.4 Å². The smallest absolute Gasteiger partial charge is 0.198 e. The third kappa shape index (κ3) is 3.15. The third-order valence-corrected chi connectivity index (χ3v) is 9.56. The highest BCUT2D eigenvalue weighted by atomic mass is 79.9. The van der Waals surface area contributed by atoms with E-state index in [4.69, 9.17) is 4.98 Å². The molecule has 4 rings (SSSR count). The number of aromatic nitrogens is 1. The molecule has 0 unspecified atom stereocenters. The van der Waals surface area contributed by atoms with Gasteiger partial charge in [0.05, 0.1) is 10.2 Å². The molecule has 2 nitrogen and oxygen atoms in total. The Bertz CT molecular complexity index is 1010. The summed E-state index contributed by atoms with van der Waals surface area (Å²) in [4.78, 5) is 4.71. The van der Waals surface area contributed by atoms with Crippen molar-refractivity contribution in [2.24, 2.45) is 0 Å². The minimum absolute atomic E-state index is 0.665. The summed E-state index contributed by atoms with van der Waals surface area (Å²) in [6.45, 7) is 0. The molecule has 3 aromatic carbocycles. The van der Waals surface area contributed by atoms with Gasteiger partial charge in [0.15, 0.2) is 11.9 Å². The van der Waals surface area contributed by atoms with Crippen molar-refractivity contribution in [3.63, 3.8) is 0 Å². The molecule has 0 saturated carbocycles. The first kappa shape index (κ1) is 17.2. The molecule has 25 heavy (non-hydrogen) atoms. The van der Waals surface area contributed by atoms with Crippen molar-refractivity contribution < 1.29 is 4.57 Å². The molecule has 0 aliphatic rings. The highest BCUT2D eigenvalue weighted by molar-refractivity contribution is 9.10. The third-order valence-electron chi connectivity index (χ3n) is 3.93. The van der Waals surface area contributed by atoms with E-state index in [0.29, 0.717) is 4.75 Å². The Hall–Kier alpha value is -1.26. The van der Waals surface area contributed by atoms with Crippen molar-refractivity contribution in [3.8, 4) is 0 Å². The highest BCUT2D eigenvalue weighted by Gasteiger charge is 2.33. The van der Waals surface area contributed by atoms with Gasteiger partial charge >= 0.3 is 0 Å². The normalized spacial score (nSPS) is 11.8. The number of hydrogen-bond donors (Lipinski definition) is 0. The molecule has 1 heterocycles. The maximum Gasteiger partial charge on any atom is 0.198 e. The van der Waals surface area contributed by atoms with Crippen molar-refractivity contribution in [1.82, 2.24) is 4.98 Å². The van der Waals surface area contributed by atoms with Crippen molar-refractivity contribution in [3.05, 3.63) is 81.7 Å². The molecule has 4 aromatic rings. The molecule has 0 radical (unpaired) electrons. The van der Waals surface area contributed by atoms with E-state index in [1.54, 1.807) is 0 Å². The van der Waals surface area contributed by atoms with Crippen LogP contribution in [0, 0.1) is 0 Å². The molecule has 1 aromatic heterocycles. The van der Waals surface area contributed by atoms with Crippen LogP contribution in [-0.2, 0) is 4.57 Å². The molecular formula is C19H12Br2NOPS. The van der Waals surface area contributed by atoms with Crippen LogP contribution in [0.4, 0.5) is 0 Å². The first-order chi connectivity index (χ1) is 12.1. The zero-order valence-corrected chi connectivity index (χ0v) is 17.8. The van der Waals surface area contributed by atoms with Gasteiger partial charge in [0.25, 0.3) is 0 Å². The number of halogens is 2. The van der Waals surface area contributed by atoms with E-state index in [-0.39, 0.29) is 0 Å². The van der Waals surface area contributed by atoms with Gasteiger partial charge in [-0.15, -0.1) is 11.3 Å². The highest BCUT2D eigenvalue weighted by Crippen LogP contribution is 2.44. The lowest BCUT2D eigenvalue weighted by molar-refractivity contribution is 0.592. The monoisotopic (exact) mass is 491 g/mol. The molecule has 0 amide bonds. The minimum atomic E-state index is -3.02. The van der Waals surface area contributed by atoms with Crippen LogP contribution in [0.25, 0.3) is 10.2 Å². The van der Waals surface area contributed by atoms with Gasteiger partial charge in [0, 0.05) is 19.6 Å². The second-order valence-electron chi connectivity index (χ2n) is 5.53. The van der Waals surface area contributed by atoms with Crippen LogP contribution in [-0.4, -0.2) is 4.98 Å². The van der Waals surface area contributed by atoms with Crippen LogP contribution >= 0.6 is 50.3 Å². The Morgan fingerprint density at radius 1 is 0.760 bits per heavy atom. The molecule has 0 saturated heterocycles. The lowest BCUT2D eigenvalue weighted by Crippen LogP contribution is -2.24. The van der Waals surface area contributed by atoms with Gasteiger partial charge in [-0.3, -0.25) is 0 Å². The number of rotatable bonds is 3. The molecular weight excluding hydrogens is 481 g/mol. The average molecular weight is 493 g/mol. The van der Waals surface area contributed by atoms with Crippen molar-refractivity contribution >= 4 is 75.9 Å². The second kappa shape index (κ2) is 6.81. The Morgan fingerprint density at radius 3 is 1.80 bits per heavy atom. The largest absolute Gasteiger partial charge is 0.306 e. The summed E-state index contributed by atoms with van der Waals surface area (Å²) < 4.78 is 18.0. The molecule has 124 valence electrons. The van der Waals surface area contributed by atoms with Gasteiger partial charge < -0.3 is 4.57 Å². The molecule has 0 bridgehead atoms. The standard InChI is InChI=1S/C19H12Br2NOPS/c20-13-5-9-15(10-6-13)24(23,16-11-7-14(21)8-12-16)19-22-17-3-1-2-4-18(17)25-19/h1-12H. The van der Waals surface area contributed by atoms with Gasteiger partial charge in [-0.2, -0.15) is 0 Å². The predicted molar refractivity (Wildman–Crippen MR) is 114 cm³/mol. The van der Waals surface area contributed by atoms with Gasteiger partial charge in [-0.05, 0) is 60.7 Å². The zero-order chi connectivity index (χ0) is 17.4. The van der Waals surface area contributed by atoms with E-state index >= 15 is 0 Å². The van der Waals surface area contributed by atoms with Crippen LogP contribution in [0.5, 0.6) is 0 Å². The van der Waals surface area contributed by atoms with E-state index in [2.05, 4.69) is 31.9 Å². The fourth-order valence-electron chi connectivity index (χ4n) is 2.67. The molecule has 6 heteroatoms. The maximum atomic E-state index is 14.3. The van der Waals surface area contributed by atoms with E-state index in [1.165, 1.54) is 11.3 Å². The molecule has 0 aliphatic carbocycles. The fourth-order valence-corrected chi connectivity index (χ4v) is 7.47. The summed E-state index contributed by atoms with van der Waals surface area (Å²) in [7, 11) is -3.02. The second-order valence-corrected chi connectivity index (χ2v) is 11.4. The number of fused-ring (bicyclic) bond motifs is 1. The van der Waals surface area contributed by atoms with E-state index in [1.807, 2.05) is 72.8 Å². The summed E-state index contributed by atoms with van der Waals surface area (Å²) >= 11 is 8.41. The summed E-state index contributed by atoms with van der Waals surface area (Å²) in [6.07, 6.45) is 0. The lowest BCUT2D eigenvalue weighted by atomic mass is 10.3. The summed E-state index contributed by atoms with van der Waals surface area (Å²) in [6, 6.07) is 23.3. The molecule has 0 aliphatic heterocycles. The predicted octanol–water partition coefficient (Wildman–Crippen LogP) is 5.46. The average Bonchev–Trinajstić information content (AvgIpc) is 3.07. The fraction of sp³-hybridized carbons (Fsp3) is 0. The van der Waals surface area contributed by atoms with E-state index in [0.717, 1.165) is 29.8 Å². The quantitative estimate of drug-likeness (QED) is 0.355. The zero-order valence-electron chi connectivity index (χ0n) is 12.9. The minimum Gasteiger partial charge on any atom is -0.306 e. The van der Waals surface area contributed by atoms with Crippen LogP contribution in [0.2, 0.25) is 0 Å². The van der Waals surface area contributed by atoms with Crippen molar-refractivity contribution in [1.29, 1.82) is 0 Å². The Balaban J connectivity index is 1.99. The van der Waals surface area contributed by atoms with Crippen LogP contribution in [0.3, 0.4) is 0 Å². The van der Waals surface area contributed by atoms with Crippen molar-refractivity contribution in [2.75, 3.05) is 0 Å². The summed E-state index contributed by atoms with van der Waals surface area (Å²) in [5.41, 5.74) is 0.886. The van der Waals surface area contributed by atoms with Gasteiger partial charge in [0.1, 0.15) is 0 Å². The molecule has 0 fully saturated rings. The van der Waals surface area contributed by atoms with E-state index in [9.17, 15) is 4.57 Å². The van der Waals surface area contributed by atoms with Crippen LogP contribution in [0.15, 0.2) is 81.7 Å². The first-order valence-electron chi connectivity index (χ1n) is 7.56. The van der Waals surface area contributed by atoms with Crippen LogP contribution in [0.1, 0.15) is 0 Å². The number of hydrogen-bond acceptors (Lipinski definition) is 3. The Kier molecular flexibility index (Phi) is 4.67. The number of para-hydroxylation sites is 1. The SMILES string of the molecule is O=P(c1ccc(Br)cc1)(c1ccc(Br)cc1)c1nc2ccccc2s1. The number of nitrogens with zero attached hydrogens (tertiary/aromatic N) is 1. The molecule has 0 atom stereocenters. The summed E-state index contributed by atoms with van der Waals surface area (Å²) in [5, 5.41) is 1.58.